The summed E-state index contributed by atoms with van der Waals surface area (Å²) in [7, 11) is 0. The number of rotatable bonds is 3. The average molecular weight is 300 g/mol. The lowest BCUT2D eigenvalue weighted by Gasteiger charge is -2.13. The van der Waals surface area contributed by atoms with Crippen molar-refractivity contribution in [2.75, 3.05) is 13.2 Å². The van der Waals surface area contributed by atoms with Crippen LogP contribution in [0.4, 0.5) is 0 Å². The van der Waals surface area contributed by atoms with Crippen LogP contribution in [0.5, 0.6) is 11.5 Å². The maximum Gasteiger partial charge on any atom is 0.339 e. The molecular weight excluding hydrogens is 286 g/mol. The topological polar surface area (TPSA) is 87.8 Å². The van der Waals surface area contributed by atoms with E-state index in [2.05, 4.69) is 0 Å². The van der Waals surface area contributed by atoms with E-state index in [0.717, 1.165) is 6.42 Å². The average Bonchev–Trinajstić information content (AvgIpc) is 2.63. The number of carbonyl (C=O) groups excluding carboxylic acids is 2. The van der Waals surface area contributed by atoms with Crippen molar-refractivity contribution in [1.82, 2.24) is 0 Å². The van der Waals surface area contributed by atoms with E-state index in [9.17, 15) is 9.59 Å². The molecule has 7 heteroatoms. The zero-order valence-electron chi connectivity index (χ0n) is 10.8. The second-order valence-electron chi connectivity index (χ2n) is 4.29. The predicted octanol–water partition coefficient (Wildman–Crippen LogP) is 1.53. The number of esters is 1. The highest BCUT2D eigenvalue weighted by Gasteiger charge is 2.21. The van der Waals surface area contributed by atoms with Gasteiger partial charge in [0.25, 0.3) is 5.91 Å². The molecular formula is C13H14ClNO5. The van der Waals surface area contributed by atoms with Crippen LogP contribution >= 0.6 is 11.6 Å². The lowest BCUT2D eigenvalue weighted by Crippen LogP contribution is -2.30. The maximum absolute atomic E-state index is 11.9. The number of fused-ring (bicyclic) bond motifs is 1. The van der Waals surface area contributed by atoms with Crippen LogP contribution in [0.3, 0.4) is 0 Å². The molecule has 2 rings (SSSR count). The van der Waals surface area contributed by atoms with Gasteiger partial charge in [-0.15, -0.1) is 0 Å². The minimum absolute atomic E-state index is 0.173. The summed E-state index contributed by atoms with van der Waals surface area (Å²) in [6, 6.07) is 2.88. The summed E-state index contributed by atoms with van der Waals surface area (Å²) in [6.45, 7) is 2.36. The molecule has 0 radical (unpaired) electrons. The second-order valence-corrected chi connectivity index (χ2v) is 4.69. The van der Waals surface area contributed by atoms with Crippen LogP contribution in [-0.2, 0) is 9.53 Å². The number of nitrogens with two attached hydrogens (primary N) is 1. The third-order valence-corrected chi connectivity index (χ3v) is 3.00. The lowest BCUT2D eigenvalue weighted by atomic mass is 10.2. The number of carbonyl (C=O) groups is 2. The Morgan fingerprint density at radius 1 is 1.35 bits per heavy atom. The third-order valence-electron chi connectivity index (χ3n) is 2.72. The zero-order chi connectivity index (χ0) is 14.7. The second kappa shape index (κ2) is 6.00. The molecule has 0 aromatic heterocycles. The Bertz CT molecular complexity index is 546. The quantitative estimate of drug-likeness (QED) is 0.855. The highest BCUT2D eigenvalue weighted by Crippen LogP contribution is 2.38. The van der Waals surface area contributed by atoms with E-state index >= 15 is 0 Å². The fourth-order valence-corrected chi connectivity index (χ4v) is 1.90. The Kier molecular flexibility index (Phi) is 4.34. The van der Waals surface area contributed by atoms with Crippen LogP contribution in [0.25, 0.3) is 0 Å². The van der Waals surface area contributed by atoms with Crippen LogP contribution in [0.1, 0.15) is 23.7 Å². The molecule has 0 saturated carbocycles. The lowest BCUT2D eigenvalue weighted by molar-refractivity contribution is -0.125. The van der Waals surface area contributed by atoms with Gasteiger partial charge < -0.3 is 19.9 Å². The number of amides is 1. The van der Waals surface area contributed by atoms with Gasteiger partial charge in [-0.3, -0.25) is 4.79 Å². The van der Waals surface area contributed by atoms with Gasteiger partial charge in [0.05, 0.1) is 23.8 Å². The molecule has 1 aliphatic heterocycles. The molecule has 1 aromatic carbocycles. The van der Waals surface area contributed by atoms with Crippen LogP contribution in [0.15, 0.2) is 12.1 Å². The fraction of sp³-hybridized carbons (Fsp3) is 0.385. The molecule has 1 atom stereocenters. The molecule has 1 aromatic rings. The van der Waals surface area contributed by atoms with Crippen LogP contribution < -0.4 is 15.2 Å². The summed E-state index contributed by atoms with van der Waals surface area (Å²) < 4.78 is 15.8. The minimum Gasteiger partial charge on any atom is -0.489 e. The van der Waals surface area contributed by atoms with Crippen molar-refractivity contribution in [2.24, 2.45) is 5.73 Å². The number of benzene rings is 1. The van der Waals surface area contributed by atoms with Gasteiger partial charge in [-0.1, -0.05) is 11.6 Å². The molecule has 1 heterocycles. The van der Waals surface area contributed by atoms with Gasteiger partial charge in [0.15, 0.2) is 17.6 Å². The van der Waals surface area contributed by atoms with Gasteiger partial charge in [0.2, 0.25) is 0 Å². The largest absolute Gasteiger partial charge is 0.489 e. The molecule has 0 fully saturated rings. The predicted molar refractivity (Wildman–Crippen MR) is 71.1 cm³/mol. The van der Waals surface area contributed by atoms with E-state index in [-0.39, 0.29) is 10.6 Å². The van der Waals surface area contributed by atoms with E-state index in [1.54, 1.807) is 0 Å². The highest BCUT2D eigenvalue weighted by atomic mass is 35.5. The molecule has 0 spiro atoms. The van der Waals surface area contributed by atoms with E-state index in [0.29, 0.717) is 24.7 Å². The van der Waals surface area contributed by atoms with Crippen molar-refractivity contribution in [3.05, 3.63) is 22.7 Å². The van der Waals surface area contributed by atoms with Crippen molar-refractivity contribution in [3.8, 4) is 11.5 Å². The van der Waals surface area contributed by atoms with E-state index < -0.39 is 18.0 Å². The summed E-state index contributed by atoms with van der Waals surface area (Å²) in [6.07, 6.45) is -0.291. The first-order valence-electron chi connectivity index (χ1n) is 6.08. The summed E-state index contributed by atoms with van der Waals surface area (Å²) >= 11 is 6.06. The summed E-state index contributed by atoms with van der Waals surface area (Å²) in [5.41, 5.74) is 5.21. The minimum atomic E-state index is -1.02. The Morgan fingerprint density at radius 3 is 2.75 bits per heavy atom. The first-order chi connectivity index (χ1) is 9.49. The smallest absolute Gasteiger partial charge is 0.339 e. The third kappa shape index (κ3) is 3.14. The molecule has 1 amide bonds. The van der Waals surface area contributed by atoms with Crippen molar-refractivity contribution >= 4 is 23.5 Å². The van der Waals surface area contributed by atoms with Gasteiger partial charge in [0.1, 0.15) is 0 Å². The van der Waals surface area contributed by atoms with Gasteiger partial charge in [-0.05, 0) is 19.1 Å². The number of primary amides is 1. The van der Waals surface area contributed by atoms with Gasteiger partial charge in [0, 0.05) is 6.42 Å². The SMILES string of the molecule is C[C@H](OC(=O)c1cc(Cl)c2c(c1)OCCCO2)C(N)=O. The van der Waals surface area contributed by atoms with Crippen molar-refractivity contribution in [1.29, 1.82) is 0 Å². The first kappa shape index (κ1) is 14.5. The number of ether oxygens (including phenoxy) is 3. The molecule has 0 aliphatic carbocycles. The normalized spacial score (nSPS) is 15.1. The Morgan fingerprint density at radius 2 is 2.05 bits per heavy atom. The molecule has 0 bridgehead atoms. The Balaban J connectivity index is 2.25. The molecule has 20 heavy (non-hydrogen) atoms. The van der Waals surface area contributed by atoms with E-state index in [1.165, 1.54) is 19.1 Å². The Labute approximate surface area is 120 Å². The number of halogens is 1. The number of hydrogen-bond acceptors (Lipinski definition) is 5. The van der Waals surface area contributed by atoms with Crippen LogP contribution in [-0.4, -0.2) is 31.2 Å². The summed E-state index contributed by atoms with van der Waals surface area (Å²) in [5.74, 6) is -0.634. The van der Waals surface area contributed by atoms with Crippen molar-refractivity contribution in [3.63, 3.8) is 0 Å². The molecule has 0 saturated heterocycles. The van der Waals surface area contributed by atoms with Gasteiger partial charge in [-0.2, -0.15) is 0 Å². The monoisotopic (exact) mass is 299 g/mol. The maximum atomic E-state index is 11.9. The van der Waals surface area contributed by atoms with Crippen LogP contribution in [0.2, 0.25) is 5.02 Å². The Hall–Kier alpha value is -1.95. The molecule has 6 nitrogen and oxygen atoms in total. The zero-order valence-corrected chi connectivity index (χ0v) is 11.6. The highest BCUT2D eigenvalue weighted by molar-refractivity contribution is 6.32. The molecule has 1 aliphatic rings. The first-order valence-corrected chi connectivity index (χ1v) is 6.46. The van der Waals surface area contributed by atoms with Crippen LogP contribution in [0, 0.1) is 0 Å². The van der Waals surface area contributed by atoms with Gasteiger partial charge >= 0.3 is 5.97 Å². The standard InChI is InChI=1S/C13H14ClNO5/c1-7(12(15)16)20-13(17)8-5-9(14)11-10(6-8)18-3-2-4-19-11/h5-7H,2-4H2,1H3,(H2,15,16)/t7-/m0/s1. The van der Waals surface area contributed by atoms with Crippen molar-refractivity contribution < 1.29 is 23.8 Å². The molecule has 108 valence electrons. The van der Waals surface area contributed by atoms with E-state index in [1.807, 2.05) is 0 Å². The van der Waals surface area contributed by atoms with Crippen molar-refractivity contribution in [2.45, 2.75) is 19.4 Å². The van der Waals surface area contributed by atoms with Gasteiger partial charge in [-0.25, -0.2) is 4.79 Å². The molecule has 0 unspecified atom stereocenters. The summed E-state index contributed by atoms with van der Waals surface area (Å²) in [5, 5.41) is 0.253. The fourth-order valence-electron chi connectivity index (χ4n) is 1.64. The molecule has 2 N–H and O–H groups in total. The van der Waals surface area contributed by atoms with E-state index in [4.69, 9.17) is 31.5 Å². The number of hydrogen-bond donors (Lipinski definition) is 1. The summed E-state index contributed by atoms with van der Waals surface area (Å²) in [4.78, 5) is 22.8.